The summed E-state index contributed by atoms with van der Waals surface area (Å²) in [4.78, 5) is 22.1. The number of amides is 1. The third-order valence-electron chi connectivity index (χ3n) is 3.62. The fraction of sp³-hybridized carbons (Fsp3) is 0.350. The molecule has 2 aromatic rings. The fourth-order valence-corrected chi connectivity index (χ4v) is 3.16. The van der Waals surface area contributed by atoms with Crippen LogP contribution in [-0.2, 0) is 17.6 Å². The van der Waals surface area contributed by atoms with Gasteiger partial charge in [0, 0.05) is 41.8 Å². The molecule has 3 N–H and O–H groups in total. The first kappa shape index (κ1) is 23.9. The maximum absolute atomic E-state index is 12.1. The number of terminal acetylenes is 1. The zero-order valence-corrected chi connectivity index (χ0v) is 19.3. The predicted octanol–water partition coefficient (Wildman–Crippen LogP) is 3.04. The molecule has 2 rings (SSSR count). The third kappa shape index (κ3) is 8.27. The lowest BCUT2D eigenvalue weighted by atomic mass is 10.2. The standard InChI is InChI=1S/C20H25N5OS.HI/c1-4-15-8-7-9-16(12-15)25-18(26)14-24-20(21-6-3)22-11-10-19-23-13-17(5-2)27-19;/h1,7-9,12-13H,5-6,10-11,14H2,2-3H3,(H,25,26)(H2,21,22,24);1H. The van der Waals surface area contributed by atoms with E-state index in [4.69, 9.17) is 6.42 Å². The van der Waals surface area contributed by atoms with E-state index in [1.54, 1.807) is 23.5 Å². The smallest absolute Gasteiger partial charge is 0.246 e. The topological polar surface area (TPSA) is 78.4 Å². The average Bonchev–Trinajstić information content (AvgIpc) is 3.14. The van der Waals surface area contributed by atoms with Crippen LogP contribution in [0.2, 0.25) is 0 Å². The van der Waals surface area contributed by atoms with Crippen LogP contribution in [0.5, 0.6) is 0 Å². The van der Waals surface area contributed by atoms with E-state index >= 15 is 0 Å². The molecule has 0 unspecified atom stereocenters. The highest BCUT2D eigenvalue weighted by molar-refractivity contribution is 14.0. The van der Waals surface area contributed by atoms with Crippen molar-refractivity contribution in [2.24, 2.45) is 4.99 Å². The molecule has 0 spiro atoms. The zero-order valence-electron chi connectivity index (χ0n) is 16.1. The molecule has 0 fully saturated rings. The van der Waals surface area contributed by atoms with Gasteiger partial charge in [-0.25, -0.2) is 9.98 Å². The van der Waals surface area contributed by atoms with Gasteiger partial charge in [0.05, 0.1) is 5.01 Å². The SMILES string of the molecule is C#Cc1cccc(NC(=O)CN=C(NCC)NCCc2ncc(CC)s2)c1.I. The van der Waals surface area contributed by atoms with Gasteiger partial charge < -0.3 is 16.0 Å². The van der Waals surface area contributed by atoms with Gasteiger partial charge in [0.2, 0.25) is 5.91 Å². The van der Waals surface area contributed by atoms with E-state index in [2.05, 4.69) is 38.8 Å². The number of nitrogens with one attached hydrogen (secondary N) is 3. The first-order valence-electron chi connectivity index (χ1n) is 8.96. The van der Waals surface area contributed by atoms with Gasteiger partial charge >= 0.3 is 0 Å². The van der Waals surface area contributed by atoms with Crippen LogP contribution in [0.25, 0.3) is 0 Å². The molecule has 0 aliphatic rings. The molecule has 0 aliphatic carbocycles. The highest BCUT2D eigenvalue weighted by atomic mass is 127. The molecule has 0 bridgehead atoms. The quantitative estimate of drug-likeness (QED) is 0.221. The van der Waals surface area contributed by atoms with Crippen molar-refractivity contribution in [3.63, 3.8) is 0 Å². The van der Waals surface area contributed by atoms with Gasteiger partial charge in [0.1, 0.15) is 6.54 Å². The minimum atomic E-state index is -0.200. The third-order valence-corrected chi connectivity index (χ3v) is 4.82. The van der Waals surface area contributed by atoms with E-state index in [0.29, 0.717) is 18.2 Å². The first-order valence-corrected chi connectivity index (χ1v) is 9.78. The lowest BCUT2D eigenvalue weighted by Gasteiger charge is -2.10. The molecule has 0 radical (unpaired) electrons. The van der Waals surface area contributed by atoms with Crippen molar-refractivity contribution in [1.82, 2.24) is 15.6 Å². The number of benzene rings is 1. The molecular weight excluding hydrogens is 485 g/mol. The summed E-state index contributed by atoms with van der Waals surface area (Å²) in [5.41, 5.74) is 1.39. The summed E-state index contributed by atoms with van der Waals surface area (Å²) in [6.45, 7) is 5.55. The van der Waals surface area contributed by atoms with Crippen LogP contribution in [0.15, 0.2) is 35.5 Å². The van der Waals surface area contributed by atoms with Gasteiger partial charge in [-0.1, -0.05) is 18.9 Å². The van der Waals surface area contributed by atoms with Gasteiger partial charge in [-0.05, 0) is 31.5 Å². The summed E-state index contributed by atoms with van der Waals surface area (Å²) in [6.07, 6.45) is 9.13. The van der Waals surface area contributed by atoms with Crippen molar-refractivity contribution < 1.29 is 4.79 Å². The molecule has 8 heteroatoms. The van der Waals surface area contributed by atoms with Gasteiger partial charge in [-0.3, -0.25) is 4.79 Å². The number of aliphatic imine (C=N–C) groups is 1. The summed E-state index contributed by atoms with van der Waals surface area (Å²) in [5, 5.41) is 10.3. The van der Waals surface area contributed by atoms with Crippen LogP contribution in [0, 0.1) is 12.3 Å². The lowest BCUT2D eigenvalue weighted by molar-refractivity contribution is -0.114. The number of aromatic nitrogens is 1. The minimum Gasteiger partial charge on any atom is -0.357 e. The van der Waals surface area contributed by atoms with Gasteiger partial charge in [-0.2, -0.15) is 0 Å². The Bertz CT molecular complexity index is 828. The summed E-state index contributed by atoms with van der Waals surface area (Å²) >= 11 is 1.73. The molecule has 150 valence electrons. The molecule has 1 amide bonds. The Morgan fingerprint density at radius 3 is 2.82 bits per heavy atom. The number of hydrogen-bond acceptors (Lipinski definition) is 4. The fourth-order valence-electron chi connectivity index (χ4n) is 2.29. The Balaban J connectivity index is 0.00000392. The number of aryl methyl sites for hydroxylation is 1. The maximum Gasteiger partial charge on any atom is 0.246 e. The summed E-state index contributed by atoms with van der Waals surface area (Å²) in [7, 11) is 0. The van der Waals surface area contributed by atoms with Crippen molar-refractivity contribution in [1.29, 1.82) is 0 Å². The zero-order chi connectivity index (χ0) is 19.5. The normalized spacial score (nSPS) is 10.5. The molecule has 0 aliphatic heterocycles. The summed E-state index contributed by atoms with van der Waals surface area (Å²) in [5.74, 6) is 2.95. The van der Waals surface area contributed by atoms with E-state index in [1.165, 1.54) is 4.88 Å². The molecule has 0 atom stereocenters. The highest BCUT2D eigenvalue weighted by Crippen LogP contribution is 2.13. The number of hydrogen-bond donors (Lipinski definition) is 3. The van der Waals surface area contributed by atoms with E-state index in [1.807, 2.05) is 25.3 Å². The Kier molecular flexibility index (Phi) is 11.2. The molecular formula is C20H26IN5OS. The lowest BCUT2D eigenvalue weighted by Crippen LogP contribution is -2.39. The monoisotopic (exact) mass is 511 g/mol. The number of carbonyl (C=O) groups is 1. The Hall–Kier alpha value is -2.12. The molecule has 1 heterocycles. The minimum absolute atomic E-state index is 0. The molecule has 6 nitrogen and oxygen atoms in total. The molecule has 0 saturated carbocycles. The van der Waals surface area contributed by atoms with Crippen molar-refractivity contribution in [2.75, 3.05) is 25.0 Å². The maximum atomic E-state index is 12.1. The number of carbonyl (C=O) groups excluding carboxylic acids is 1. The average molecular weight is 511 g/mol. The molecule has 1 aromatic carbocycles. The molecule has 0 saturated heterocycles. The van der Waals surface area contributed by atoms with Gasteiger partial charge in [0.15, 0.2) is 5.96 Å². The Labute approximate surface area is 187 Å². The van der Waals surface area contributed by atoms with Crippen LogP contribution in [0.1, 0.15) is 29.3 Å². The second-order valence-electron chi connectivity index (χ2n) is 5.72. The Morgan fingerprint density at radius 2 is 2.14 bits per heavy atom. The van der Waals surface area contributed by atoms with Crippen LogP contribution in [0.4, 0.5) is 5.69 Å². The van der Waals surface area contributed by atoms with E-state index in [-0.39, 0.29) is 36.4 Å². The van der Waals surface area contributed by atoms with E-state index in [9.17, 15) is 4.79 Å². The number of thiazole rings is 1. The Morgan fingerprint density at radius 1 is 1.32 bits per heavy atom. The van der Waals surface area contributed by atoms with Crippen molar-refractivity contribution in [2.45, 2.75) is 26.7 Å². The number of guanidine groups is 1. The predicted molar refractivity (Wildman–Crippen MR) is 128 cm³/mol. The van der Waals surface area contributed by atoms with Crippen LogP contribution >= 0.6 is 35.3 Å². The largest absolute Gasteiger partial charge is 0.357 e. The summed E-state index contributed by atoms with van der Waals surface area (Å²) in [6, 6.07) is 7.17. The van der Waals surface area contributed by atoms with Gasteiger partial charge in [0.25, 0.3) is 0 Å². The molecule has 28 heavy (non-hydrogen) atoms. The van der Waals surface area contributed by atoms with Crippen molar-refractivity contribution in [3.05, 3.63) is 45.9 Å². The number of anilines is 1. The number of halogens is 1. The van der Waals surface area contributed by atoms with Gasteiger partial charge in [-0.15, -0.1) is 41.7 Å². The first-order chi connectivity index (χ1) is 13.1. The van der Waals surface area contributed by atoms with Crippen LogP contribution < -0.4 is 16.0 Å². The highest BCUT2D eigenvalue weighted by Gasteiger charge is 2.05. The van der Waals surface area contributed by atoms with Crippen molar-refractivity contribution >= 4 is 52.9 Å². The molecule has 1 aromatic heterocycles. The van der Waals surface area contributed by atoms with Crippen LogP contribution in [0.3, 0.4) is 0 Å². The number of nitrogens with zero attached hydrogens (tertiary/aromatic N) is 2. The summed E-state index contributed by atoms with van der Waals surface area (Å²) < 4.78 is 0. The van der Waals surface area contributed by atoms with E-state index in [0.717, 1.165) is 30.0 Å². The second-order valence-corrected chi connectivity index (χ2v) is 6.92. The van der Waals surface area contributed by atoms with E-state index < -0.39 is 0 Å². The van der Waals surface area contributed by atoms with Crippen LogP contribution in [-0.4, -0.2) is 36.5 Å². The second kappa shape index (κ2) is 13.1. The number of rotatable bonds is 8. The van der Waals surface area contributed by atoms with Crippen molar-refractivity contribution in [3.8, 4) is 12.3 Å².